The predicted octanol–water partition coefficient (Wildman–Crippen LogP) is 5.90. The van der Waals surface area contributed by atoms with Crippen molar-refractivity contribution in [3.8, 4) is 5.75 Å². The first-order chi connectivity index (χ1) is 19.2. The average molecular weight is 603 g/mol. The van der Waals surface area contributed by atoms with Crippen LogP contribution in [0.15, 0.2) is 64.9 Å². The van der Waals surface area contributed by atoms with E-state index in [1.165, 1.54) is 26.9 Å². The van der Waals surface area contributed by atoms with Crippen molar-refractivity contribution in [1.29, 1.82) is 0 Å². The van der Waals surface area contributed by atoms with Crippen LogP contribution in [0.3, 0.4) is 0 Å². The number of halogens is 1. The summed E-state index contributed by atoms with van der Waals surface area (Å²) in [6.07, 6.45) is 2.12. The SMILES string of the molecule is CC(C)c1ccc(OCC2c3ccsc3CCN2C(=O)CN(CC2CCCO2)S(=O)(=O)c2ccc(Cl)cc2)cc1. The number of nitrogens with zero attached hydrogens (tertiary/aromatic N) is 2. The maximum Gasteiger partial charge on any atom is 0.243 e. The summed E-state index contributed by atoms with van der Waals surface area (Å²) in [6.45, 7) is 5.52. The zero-order valence-corrected chi connectivity index (χ0v) is 25.2. The second-order valence-electron chi connectivity index (χ2n) is 10.6. The van der Waals surface area contributed by atoms with E-state index in [1.807, 2.05) is 23.6 Å². The minimum Gasteiger partial charge on any atom is -0.491 e. The number of hydrogen-bond donors (Lipinski definition) is 0. The van der Waals surface area contributed by atoms with Gasteiger partial charge in [0.05, 0.1) is 23.6 Å². The third-order valence-electron chi connectivity index (χ3n) is 7.56. The van der Waals surface area contributed by atoms with Crippen LogP contribution in [-0.4, -0.2) is 62.5 Å². The molecule has 3 heterocycles. The number of rotatable bonds is 10. The van der Waals surface area contributed by atoms with Crippen molar-refractivity contribution in [2.75, 3.05) is 32.8 Å². The first-order valence-electron chi connectivity index (χ1n) is 13.7. The van der Waals surface area contributed by atoms with Gasteiger partial charge in [-0.2, -0.15) is 4.31 Å². The number of ether oxygens (including phenoxy) is 2. The summed E-state index contributed by atoms with van der Waals surface area (Å²) in [6, 6.07) is 15.8. The van der Waals surface area contributed by atoms with Gasteiger partial charge in [-0.05, 0) is 84.2 Å². The quantitative estimate of drug-likeness (QED) is 0.289. The lowest BCUT2D eigenvalue weighted by atomic mass is 10.0. The molecule has 0 radical (unpaired) electrons. The molecule has 1 fully saturated rings. The zero-order chi connectivity index (χ0) is 28.3. The van der Waals surface area contributed by atoms with Gasteiger partial charge in [0.2, 0.25) is 15.9 Å². The molecule has 40 heavy (non-hydrogen) atoms. The number of carbonyl (C=O) groups is 1. The first kappa shape index (κ1) is 29.1. The van der Waals surface area contributed by atoms with E-state index in [0.29, 0.717) is 24.1 Å². The Hall–Kier alpha value is -2.43. The molecule has 214 valence electrons. The van der Waals surface area contributed by atoms with Crippen molar-refractivity contribution >= 4 is 38.9 Å². The fourth-order valence-corrected chi connectivity index (χ4v) is 7.73. The molecule has 2 aliphatic heterocycles. The summed E-state index contributed by atoms with van der Waals surface area (Å²) in [5, 5.41) is 2.49. The first-order valence-corrected chi connectivity index (χ1v) is 16.4. The number of fused-ring (bicyclic) bond motifs is 1. The van der Waals surface area contributed by atoms with Crippen LogP contribution < -0.4 is 4.74 Å². The molecule has 1 amide bonds. The Kier molecular flexibility index (Phi) is 9.17. The van der Waals surface area contributed by atoms with Gasteiger partial charge in [-0.25, -0.2) is 8.42 Å². The summed E-state index contributed by atoms with van der Waals surface area (Å²) in [5.74, 6) is 0.913. The molecule has 1 saturated heterocycles. The number of amides is 1. The number of benzene rings is 2. The molecule has 3 aromatic rings. The lowest BCUT2D eigenvalue weighted by molar-refractivity contribution is -0.135. The van der Waals surface area contributed by atoms with Crippen molar-refractivity contribution in [2.24, 2.45) is 0 Å². The molecule has 10 heteroatoms. The van der Waals surface area contributed by atoms with E-state index in [0.717, 1.165) is 30.6 Å². The van der Waals surface area contributed by atoms with E-state index in [2.05, 4.69) is 26.0 Å². The maximum atomic E-state index is 13.9. The summed E-state index contributed by atoms with van der Waals surface area (Å²) < 4.78 is 40.6. The molecular weight excluding hydrogens is 568 g/mol. The van der Waals surface area contributed by atoms with Crippen LogP contribution in [0, 0.1) is 0 Å². The van der Waals surface area contributed by atoms with Crippen molar-refractivity contribution in [3.05, 3.63) is 81.0 Å². The van der Waals surface area contributed by atoms with E-state index in [-0.39, 0.29) is 42.6 Å². The van der Waals surface area contributed by atoms with Crippen LogP contribution in [0.25, 0.3) is 0 Å². The molecular formula is C30H35ClN2O5S2. The van der Waals surface area contributed by atoms with E-state index in [9.17, 15) is 13.2 Å². The van der Waals surface area contributed by atoms with Crippen molar-refractivity contribution in [3.63, 3.8) is 0 Å². The molecule has 0 spiro atoms. The van der Waals surface area contributed by atoms with Crippen LogP contribution in [0.4, 0.5) is 0 Å². The van der Waals surface area contributed by atoms with Crippen molar-refractivity contribution < 1.29 is 22.7 Å². The summed E-state index contributed by atoms with van der Waals surface area (Å²) in [7, 11) is -3.95. The smallest absolute Gasteiger partial charge is 0.243 e. The third-order valence-corrected chi connectivity index (χ3v) is 10.6. The molecule has 0 aliphatic carbocycles. The van der Waals surface area contributed by atoms with Crippen LogP contribution in [0.2, 0.25) is 5.02 Å². The van der Waals surface area contributed by atoms with Gasteiger partial charge < -0.3 is 14.4 Å². The second kappa shape index (κ2) is 12.6. The molecule has 7 nitrogen and oxygen atoms in total. The Labute approximate surface area is 245 Å². The highest BCUT2D eigenvalue weighted by Gasteiger charge is 2.36. The van der Waals surface area contributed by atoms with E-state index in [4.69, 9.17) is 21.1 Å². The van der Waals surface area contributed by atoms with E-state index in [1.54, 1.807) is 28.4 Å². The Morgan fingerprint density at radius 1 is 1.15 bits per heavy atom. The van der Waals surface area contributed by atoms with Crippen LogP contribution >= 0.6 is 22.9 Å². The van der Waals surface area contributed by atoms with Crippen molar-refractivity contribution in [2.45, 2.75) is 56.1 Å². The third kappa shape index (κ3) is 6.55. The van der Waals surface area contributed by atoms with Gasteiger partial charge in [0.15, 0.2) is 0 Å². The van der Waals surface area contributed by atoms with Gasteiger partial charge in [-0.1, -0.05) is 37.6 Å². The van der Waals surface area contributed by atoms with Gasteiger partial charge in [0.25, 0.3) is 0 Å². The fraction of sp³-hybridized carbons (Fsp3) is 0.433. The molecule has 2 atom stereocenters. The highest BCUT2D eigenvalue weighted by molar-refractivity contribution is 7.89. The standard InChI is InChI=1S/C30H35ClN2O5S2/c1-21(2)22-5-9-24(10-6-22)38-20-28-27-14-17-39-29(27)13-15-33(28)30(34)19-32(18-25-4-3-16-37-25)40(35,36)26-11-7-23(31)8-12-26/h5-12,14,17,21,25,28H,3-4,13,15-16,18-20H2,1-2H3. The number of sulfonamides is 1. The second-order valence-corrected chi connectivity index (χ2v) is 13.9. The molecule has 0 bridgehead atoms. The van der Waals surface area contributed by atoms with E-state index < -0.39 is 10.0 Å². The normalized spacial score (nSPS) is 19.3. The van der Waals surface area contributed by atoms with Crippen LogP contribution in [0.1, 0.15) is 54.7 Å². The van der Waals surface area contributed by atoms with Crippen LogP contribution in [-0.2, 0) is 26.0 Å². The number of carbonyl (C=O) groups excluding carboxylic acids is 1. The monoisotopic (exact) mass is 602 g/mol. The predicted molar refractivity (Wildman–Crippen MR) is 158 cm³/mol. The van der Waals surface area contributed by atoms with E-state index >= 15 is 0 Å². The molecule has 2 aromatic carbocycles. The molecule has 2 aliphatic rings. The zero-order valence-electron chi connectivity index (χ0n) is 22.8. The van der Waals surface area contributed by atoms with Gasteiger partial charge in [-0.15, -0.1) is 11.3 Å². The topological polar surface area (TPSA) is 76.2 Å². The number of thiophene rings is 1. The highest BCUT2D eigenvalue weighted by atomic mass is 35.5. The largest absolute Gasteiger partial charge is 0.491 e. The minimum atomic E-state index is -3.95. The van der Waals surface area contributed by atoms with Gasteiger partial charge in [0, 0.05) is 29.6 Å². The Morgan fingerprint density at radius 2 is 1.90 bits per heavy atom. The lowest BCUT2D eigenvalue weighted by Crippen LogP contribution is -2.49. The van der Waals surface area contributed by atoms with Crippen LogP contribution in [0.5, 0.6) is 5.75 Å². The lowest BCUT2D eigenvalue weighted by Gasteiger charge is -2.37. The fourth-order valence-electron chi connectivity index (χ4n) is 5.26. The van der Waals surface area contributed by atoms with Gasteiger partial charge in [0.1, 0.15) is 12.4 Å². The number of hydrogen-bond acceptors (Lipinski definition) is 6. The molecule has 0 saturated carbocycles. The van der Waals surface area contributed by atoms with Gasteiger partial charge >= 0.3 is 0 Å². The summed E-state index contributed by atoms with van der Waals surface area (Å²) >= 11 is 7.69. The molecule has 1 aromatic heterocycles. The molecule has 5 rings (SSSR count). The molecule has 2 unspecified atom stereocenters. The summed E-state index contributed by atoms with van der Waals surface area (Å²) in [4.78, 5) is 17.0. The summed E-state index contributed by atoms with van der Waals surface area (Å²) in [5.41, 5.74) is 2.30. The molecule has 0 N–H and O–H groups in total. The maximum absolute atomic E-state index is 13.9. The highest BCUT2D eigenvalue weighted by Crippen LogP contribution is 2.34. The van der Waals surface area contributed by atoms with Gasteiger partial charge in [-0.3, -0.25) is 4.79 Å². The average Bonchev–Trinajstić information content (AvgIpc) is 3.64. The Morgan fingerprint density at radius 3 is 2.58 bits per heavy atom. The van der Waals surface area contributed by atoms with Crippen molar-refractivity contribution in [1.82, 2.24) is 9.21 Å². The minimum absolute atomic E-state index is 0.103. The Balaban J connectivity index is 1.37. The Bertz CT molecular complexity index is 1400.